The topological polar surface area (TPSA) is 66.4 Å². The second kappa shape index (κ2) is 7.96. The Morgan fingerprint density at radius 2 is 1.35 bits per heavy atom. The third-order valence-electron chi connectivity index (χ3n) is 7.00. The average Bonchev–Trinajstić information content (AvgIpc) is 3.17. The van der Waals surface area contributed by atoms with Gasteiger partial charge < -0.3 is 4.90 Å². The highest BCUT2D eigenvalue weighted by Crippen LogP contribution is 2.48. The monoisotopic (exact) mass is 480 g/mol. The number of carbonyl (C=O) groups is 2. The first-order valence-electron chi connectivity index (χ1n) is 12.0. The molecule has 3 heterocycles. The molecule has 0 unspecified atom stereocenters. The Balaban J connectivity index is 1.27. The van der Waals surface area contributed by atoms with Crippen molar-refractivity contribution >= 4 is 57.1 Å². The number of aromatic nitrogens is 2. The van der Waals surface area contributed by atoms with Gasteiger partial charge in [-0.2, -0.15) is 0 Å². The number of allylic oxidation sites excluding steroid dienone is 1. The molecule has 0 radical (unpaired) electrons. The number of hydrogen-bond acceptors (Lipinski definition) is 6. The Labute approximate surface area is 213 Å². The summed E-state index contributed by atoms with van der Waals surface area (Å²) < 4.78 is 0. The third kappa shape index (κ3) is 3.19. The van der Waals surface area contributed by atoms with Crippen LogP contribution >= 0.6 is 0 Å². The molecule has 0 spiro atoms. The smallest absolute Gasteiger partial charge is 0.197 e. The predicted molar refractivity (Wildman–Crippen MR) is 145 cm³/mol. The Hall–Kier alpha value is -5.10. The van der Waals surface area contributed by atoms with Gasteiger partial charge in [-0.3, -0.25) is 14.5 Å². The van der Waals surface area contributed by atoms with E-state index in [1.807, 2.05) is 90.8 Å². The first kappa shape index (κ1) is 21.2. The number of pyridine rings is 2. The average molecular weight is 481 g/mol. The van der Waals surface area contributed by atoms with Crippen LogP contribution in [0.4, 0.5) is 28.7 Å². The summed E-state index contributed by atoms with van der Waals surface area (Å²) in [6.07, 6.45) is 5.09. The molecule has 6 nitrogen and oxygen atoms in total. The van der Waals surface area contributed by atoms with Crippen molar-refractivity contribution in [2.24, 2.45) is 0 Å². The highest BCUT2D eigenvalue weighted by Gasteiger charge is 2.33. The molecule has 0 atom stereocenters. The van der Waals surface area contributed by atoms with E-state index >= 15 is 0 Å². The fourth-order valence-electron chi connectivity index (χ4n) is 5.16. The van der Waals surface area contributed by atoms with Gasteiger partial charge in [0, 0.05) is 30.6 Å². The van der Waals surface area contributed by atoms with E-state index in [0.717, 1.165) is 33.7 Å². The highest BCUT2D eigenvalue weighted by molar-refractivity contribution is 6.42. The van der Waals surface area contributed by atoms with Crippen molar-refractivity contribution in [3.8, 4) is 0 Å². The van der Waals surface area contributed by atoms with Gasteiger partial charge in [-0.25, -0.2) is 9.97 Å². The van der Waals surface area contributed by atoms with Crippen molar-refractivity contribution < 1.29 is 9.59 Å². The summed E-state index contributed by atoms with van der Waals surface area (Å²) in [5, 5.41) is 1.88. The lowest BCUT2D eigenvalue weighted by atomic mass is 10.0. The molecule has 1 aliphatic carbocycles. The van der Waals surface area contributed by atoms with Gasteiger partial charge in [-0.15, -0.1) is 0 Å². The largest absolute Gasteiger partial charge is 0.340 e. The van der Waals surface area contributed by atoms with Crippen LogP contribution in [0.15, 0.2) is 103 Å². The quantitative estimate of drug-likeness (QED) is 0.208. The summed E-state index contributed by atoms with van der Waals surface area (Å²) in [4.78, 5) is 39.8. The number of carbonyl (C=O) groups excluding carboxylic acids is 2. The van der Waals surface area contributed by atoms with Gasteiger partial charge in [-0.1, -0.05) is 36.4 Å². The summed E-state index contributed by atoms with van der Waals surface area (Å²) in [7, 11) is 2.02. The van der Waals surface area contributed by atoms with Gasteiger partial charge in [0.15, 0.2) is 17.4 Å². The lowest BCUT2D eigenvalue weighted by Crippen LogP contribution is -2.25. The second-order valence-electron chi connectivity index (χ2n) is 9.14. The van der Waals surface area contributed by atoms with E-state index in [1.54, 1.807) is 18.5 Å². The molecule has 0 amide bonds. The second-order valence-corrected chi connectivity index (χ2v) is 9.14. The maximum Gasteiger partial charge on any atom is 0.197 e. The number of rotatable bonds is 2. The molecule has 7 rings (SSSR count). The summed E-state index contributed by atoms with van der Waals surface area (Å²) in [6, 6.07) is 27.2. The van der Waals surface area contributed by atoms with Gasteiger partial charge in [0.05, 0.1) is 22.6 Å². The molecule has 0 bridgehead atoms. The number of nitrogens with zero attached hydrogens (tertiary/aromatic N) is 4. The maximum absolute atomic E-state index is 13.1. The molecule has 5 aromatic rings. The maximum atomic E-state index is 13.1. The molecule has 0 saturated carbocycles. The van der Waals surface area contributed by atoms with Crippen molar-refractivity contribution in [2.45, 2.75) is 0 Å². The van der Waals surface area contributed by atoms with Crippen molar-refractivity contribution in [1.82, 2.24) is 9.97 Å². The number of Topliss-reactive ketones (excluding diaryl/α,β-unsaturated/α-hetero) is 2. The van der Waals surface area contributed by atoms with Crippen molar-refractivity contribution in [1.29, 1.82) is 0 Å². The van der Waals surface area contributed by atoms with Gasteiger partial charge in [0.1, 0.15) is 5.82 Å². The number of benzene rings is 3. The summed E-state index contributed by atoms with van der Waals surface area (Å²) in [5.41, 5.74) is 4.74. The number of fused-ring (bicyclic) bond motifs is 4. The van der Waals surface area contributed by atoms with Crippen LogP contribution < -0.4 is 9.80 Å². The van der Waals surface area contributed by atoms with Gasteiger partial charge in [0.25, 0.3) is 0 Å². The van der Waals surface area contributed by atoms with Crippen molar-refractivity contribution in [3.05, 3.63) is 120 Å². The normalized spacial score (nSPS) is 14.0. The van der Waals surface area contributed by atoms with Crippen molar-refractivity contribution in [3.63, 3.8) is 0 Å². The van der Waals surface area contributed by atoms with E-state index < -0.39 is 0 Å². The molecule has 37 heavy (non-hydrogen) atoms. The van der Waals surface area contributed by atoms with E-state index in [-0.39, 0.29) is 17.1 Å². The van der Waals surface area contributed by atoms with Crippen molar-refractivity contribution in [2.75, 3.05) is 16.8 Å². The lowest BCUT2D eigenvalue weighted by molar-refractivity contribution is 0.0990. The Morgan fingerprint density at radius 1 is 0.703 bits per heavy atom. The minimum absolute atomic E-state index is 0.164. The zero-order valence-corrected chi connectivity index (χ0v) is 19.9. The van der Waals surface area contributed by atoms with Crippen LogP contribution in [0.25, 0.3) is 16.8 Å². The number of ketones is 2. The van der Waals surface area contributed by atoms with Crippen LogP contribution in [0.3, 0.4) is 0 Å². The molecular formula is C31H20N4O2. The molecule has 0 fully saturated rings. The van der Waals surface area contributed by atoms with E-state index in [9.17, 15) is 9.59 Å². The molecule has 3 aromatic carbocycles. The van der Waals surface area contributed by atoms with Crippen LogP contribution in [0, 0.1) is 0 Å². The van der Waals surface area contributed by atoms with E-state index in [1.165, 1.54) is 0 Å². The van der Waals surface area contributed by atoms with Crippen LogP contribution in [0.5, 0.6) is 0 Å². The Kier molecular flexibility index (Phi) is 4.56. The van der Waals surface area contributed by atoms with Crippen LogP contribution in [0.2, 0.25) is 0 Å². The van der Waals surface area contributed by atoms with E-state index in [0.29, 0.717) is 22.5 Å². The molecule has 2 aromatic heterocycles. The Morgan fingerprint density at radius 3 is 2.03 bits per heavy atom. The first-order valence-corrected chi connectivity index (χ1v) is 12.0. The minimum Gasteiger partial charge on any atom is -0.340 e. The SMILES string of the molecule is CN1c2ccccc2N(c2ccc(C=C3C(=O)c4cc5ccccc5cc4C3=O)cn2)c2ncccc21. The molecule has 176 valence electrons. The fourth-order valence-corrected chi connectivity index (χ4v) is 5.16. The summed E-state index contributed by atoms with van der Waals surface area (Å²) in [6.45, 7) is 0. The van der Waals surface area contributed by atoms with Crippen LogP contribution in [0.1, 0.15) is 26.3 Å². The molecule has 0 N–H and O–H groups in total. The third-order valence-corrected chi connectivity index (χ3v) is 7.00. The predicted octanol–water partition coefficient (Wildman–Crippen LogP) is 6.64. The number of anilines is 5. The van der Waals surface area contributed by atoms with E-state index in [4.69, 9.17) is 4.98 Å². The zero-order chi connectivity index (χ0) is 25.1. The van der Waals surface area contributed by atoms with E-state index in [2.05, 4.69) is 16.0 Å². The fraction of sp³-hybridized carbons (Fsp3) is 0.0323. The van der Waals surface area contributed by atoms with Gasteiger partial charge in [-0.05, 0) is 70.9 Å². The first-order chi connectivity index (χ1) is 18.1. The minimum atomic E-state index is -0.249. The van der Waals surface area contributed by atoms with Gasteiger partial charge in [0.2, 0.25) is 0 Å². The summed E-state index contributed by atoms with van der Waals surface area (Å²) in [5.74, 6) is 0.981. The highest BCUT2D eigenvalue weighted by atomic mass is 16.2. The molecule has 6 heteroatoms. The number of para-hydroxylation sites is 2. The Bertz CT molecular complexity index is 1690. The summed E-state index contributed by atoms with van der Waals surface area (Å²) >= 11 is 0. The lowest BCUT2D eigenvalue weighted by Gasteiger charge is -2.36. The standard InChI is InChI=1S/C31H20N4O2/c1-34-25-9-4-5-10-26(25)35(31-27(34)11-6-14-32-31)28-13-12-19(18-33-28)15-24-29(36)22-16-20-7-2-3-8-21(20)17-23(22)30(24)37/h2-18H,1H3. The van der Waals surface area contributed by atoms with Crippen LogP contribution in [-0.2, 0) is 0 Å². The zero-order valence-electron chi connectivity index (χ0n) is 19.9. The van der Waals surface area contributed by atoms with Crippen LogP contribution in [-0.4, -0.2) is 28.6 Å². The number of hydrogen-bond donors (Lipinski definition) is 0. The molecular weight excluding hydrogens is 460 g/mol. The van der Waals surface area contributed by atoms with Gasteiger partial charge >= 0.3 is 0 Å². The molecule has 2 aliphatic rings. The molecule has 1 aliphatic heterocycles. The molecule has 0 saturated heterocycles.